The topological polar surface area (TPSA) is 12.0 Å². The van der Waals surface area contributed by atoms with E-state index in [-0.39, 0.29) is 5.92 Å². The third-order valence-corrected chi connectivity index (χ3v) is 3.57. The van der Waals surface area contributed by atoms with Gasteiger partial charge in [-0.3, -0.25) is 0 Å². The Morgan fingerprint density at radius 1 is 1.00 bits per heavy atom. The Labute approximate surface area is 125 Å². The van der Waals surface area contributed by atoms with Crippen molar-refractivity contribution in [2.75, 3.05) is 13.1 Å². The van der Waals surface area contributed by atoms with Crippen LogP contribution in [0.5, 0.6) is 0 Å². The first-order valence-electron chi connectivity index (χ1n) is 7.37. The summed E-state index contributed by atoms with van der Waals surface area (Å²) in [6.07, 6.45) is 1.48. The molecule has 0 bridgehead atoms. The first kappa shape index (κ1) is 15.6. The van der Waals surface area contributed by atoms with Crippen molar-refractivity contribution in [1.82, 2.24) is 5.32 Å². The molecule has 0 amide bonds. The van der Waals surface area contributed by atoms with Crippen LogP contribution < -0.4 is 5.32 Å². The number of nitrogens with one attached hydrogen (secondary N) is 1. The highest BCUT2D eigenvalue weighted by atomic mass is 19.1. The van der Waals surface area contributed by atoms with Crippen molar-refractivity contribution in [2.45, 2.75) is 19.8 Å². The van der Waals surface area contributed by atoms with Gasteiger partial charge in [-0.25, -0.2) is 8.78 Å². The number of hydrogen-bond acceptors (Lipinski definition) is 1. The Morgan fingerprint density at radius 3 is 2.43 bits per heavy atom. The molecule has 2 aromatic carbocycles. The largest absolute Gasteiger partial charge is 0.317 e. The second-order valence-electron chi connectivity index (χ2n) is 5.30. The van der Waals surface area contributed by atoms with Crippen LogP contribution >= 0.6 is 0 Å². The predicted molar refractivity (Wildman–Crippen MR) is 82.2 cm³/mol. The molecule has 0 spiro atoms. The SMILES string of the molecule is CCNCC(Cc1ccccc1)Cc1ccc(F)cc1F. The van der Waals surface area contributed by atoms with Gasteiger partial charge >= 0.3 is 0 Å². The molecule has 0 saturated heterocycles. The molecule has 1 N–H and O–H groups in total. The second-order valence-corrected chi connectivity index (χ2v) is 5.30. The van der Waals surface area contributed by atoms with E-state index < -0.39 is 11.6 Å². The van der Waals surface area contributed by atoms with E-state index in [1.54, 1.807) is 6.07 Å². The fraction of sp³-hybridized carbons (Fsp3) is 0.333. The summed E-state index contributed by atoms with van der Waals surface area (Å²) in [4.78, 5) is 0. The summed E-state index contributed by atoms with van der Waals surface area (Å²) in [6.45, 7) is 3.76. The van der Waals surface area contributed by atoms with E-state index in [9.17, 15) is 8.78 Å². The van der Waals surface area contributed by atoms with Crippen LogP contribution in [0.1, 0.15) is 18.1 Å². The number of benzene rings is 2. The molecular formula is C18H21F2N. The van der Waals surface area contributed by atoms with Gasteiger partial charge in [-0.05, 0) is 49.0 Å². The third kappa shape index (κ3) is 4.94. The lowest BCUT2D eigenvalue weighted by Crippen LogP contribution is -2.26. The first-order valence-corrected chi connectivity index (χ1v) is 7.37. The Balaban J connectivity index is 2.08. The molecule has 2 rings (SSSR count). The van der Waals surface area contributed by atoms with Gasteiger partial charge in [0.1, 0.15) is 11.6 Å². The molecule has 0 aliphatic carbocycles. The van der Waals surface area contributed by atoms with Crippen LogP contribution in [0.2, 0.25) is 0 Å². The molecule has 0 aromatic heterocycles. The summed E-state index contributed by atoms with van der Waals surface area (Å²) in [6, 6.07) is 14.0. The molecule has 0 aliphatic rings. The maximum absolute atomic E-state index is 13.8. The summed E-state index contributed by atoms with van der Waals surface area (Å²) in [5.41, 5.74) is 1.82. The van der Waals surface area contributed by atoms with Gasteiger partial charge in [0, 0.05) is 6.07 Å². The smallest absolute Gasteiger partial charge is 0.129 e. The van der Waals surface area contributed by atoms with Crippen molar-refractivity contribution >= 4 is 0 Å². The highest BCUT2D eigenvalue weighted by Crippen LogP contribution is 2.17. The first-order chi connectivity index (χ1) is 10.2. The van der Waals surface area contributed by atoms with Gasteiger partial charge in [0.2, 0.25) is 0 Å². The van der Waals surface area contributed by atoms with Gasteiger partial charge < -0.3 is 5.32 Å². The molecule has 1 unspecified atom stereocenters. The van der Waals surface area contributed by atoms with Gasteiger partial charge in [-0.1, -0.05) is 43.3 Å². The summed E-state index contributed by atoms with van der Waals surface area (Å²) < 4.78 is 26.8. The zero-order valence-corrected chi connectivity index (χ0v) is 12.3. The van der Waals surface area contributed by atoms with Gasteiger partial charge in [0.05, 0.1) is 0 Å². The molecule has 1 atom stereocenters. The molecule has 2 aromatic rings. The molecule has 0 fully saturated rings. The standard InChI is InChI=1S/C18H21F2N/c1-2-21-13-15(10-14-6-4-3-5-7-14)11-16-8-9-17(19)12-18(16)20/h3-9,12,15,21H,2,10-11,13H2,1H3. The number of hydrogen-bond donors (Lipinski definition) is 1. The van der Waals surface area contributed by atoms with Crippen LogP contribution in [0.15, 0.2) is 48.5 Å². The Morgan fingerprint density at radius 2 is 1.76 bits per heavy atom. The van der Waals surface area contributed by atoms with Crippen molar-refractivity contribution in [3.8, 4) is 0 Å². The quantitative estimate of drug-likeness (QED) is 0.813. The summed E-state index contributed by atoms with van der Waals surface area (Å²) in [5, 5.41) is 3.32. The molecular weight excluding hydrogens is 268 g/mol. The van der Waals surface area contributed by atoms with E-state index in [2.05, 4.69) is 24.4 Å². The van der Waals surface area contributed by atoms with Crippen molar-refractivity contribution in [3.63, 3.8) is 0 Å². The fourth-order valence-corrected chi connectivity index (χ4v) is 2.51. The van der Waals surface area contributed by atoms with Crippen LogP contribution in [0.4, 0.5) is 8.78 Å². The maximum atomic E-state index is 13.8. The number of halogens is 2. The maximum Gasteiger partial charge on any atom is 0.129 e. The fourth-order valence-electron chi connectivity index (χ4n) is 2.51. The highest BCUT2D eigenvalue weighted by molar-refractivity contribution is 5.21. The third-order valence-electron chi connectivity index (χ3n) is 3.57. The molecule has 0 aliphatic heterocycles. The average molecular weight is 289 g/mol. The normalized spacial score (nSPS) is 12.3. The van der Waals surface area contributed by atoms with Crippen molar-refractivity contribution in [1.29, 1.82) is 0 Å². The molecule has 0 heterocycles. The van der Waals surface area contributed by atoms with Crippen LogP contribution in [-0.4, -0.2) is 13.1 Å². The molecule has 1 nitrogen and oxygen atoms in total. The van der Waals surface area contributed by atoms with Crippen LogP contribution in [0.25, 0.3) is 0 Å². The molecule has 0 saturated carbocycles. The Bertz CT molecular complexity index is 554. The highest BCUT2D eigenvalue weighted by Gasteiger charge is 2.13. The zero-order chi connectivity index (χ0) is 15.1. The van der Waals surface area contributed by atoms with Crippen molar-refractivity contribution in [3.05, 3.63) is 71.3 Å². The summed E-state index contributed by atoms with van der Waals surface area (Å²) in [7, 11) is 0. The van der Waals surface area contributed by atoms with E-state index in [1.165, 1.54) is 11.6 Å². The van der Waals surface area contributed by atoms with Gasteiger partial charge in [0.15, 0.2) is 0 Å². The van der Waals surface area contributed by atoms with Crippen LogP contribution in [0, 0.1) is 17.6 Å². The molecule has 0 radical (unpaired) electrons. The predicted octanol–water partition coefficient (Wildman–Crippen LogP) is 3.98. The average Bonchev–Trinajstić information content (AvgIpc) is 2.48. The Hall–Kier alpha value is -1.74. The monoisotopic (exact) mass is 289 g/mol. The lowest BCUT2D eigenvalue weighted by atomic mass is 9.92. The summed E-state index contributed by atoms with van der Waals surface area (Å²) >= 11 is 0. The van der Waals surface area contributed by atoms with Crippen molar-refractivity contribution in [2.24, 2.45) is 5.92 Å². The van der Waals surface area contributed by atoms with E-state index >= 15 is 0 Å². The van der Waals surface area contributed by atoms with E-state index in [1.807, 2.05) is 18.2 Å². The van der Waals surface area contributed by atoms with E-state index in [0.29, 0.717) is 12.0 Å². The van der Waals surface area contributed by atoms with Gasteiger partial charge in [-0.15, -0.1) is 0 Å². The van der Waals surface area contributed by atoms with Gasteiger partial charge in [-0.2, -0.15) is 0 Å². The van der Waals surface area contributed by atoms with Gasteiger partial charge in [0.25, 0.3) is 0 Å². The summed E-state index contributed by atoms with van der Waals surface area (Å²) in [5.74, 6) is -0.695. The van der Waals surface area contributed by atoms with E-state index in [4.69, 9.17) is 0 Å². The van der Waals surface area contributed by atoms with Crippen LogP contribution in [-0.2, 0) is 12.8 Å². The van der Waals surface area contributed by atoms with Crippen LogP contribution in [0.3, 0.4) is 0 Å². The Kier molecular flexibility index (Phi) is 5.88. The van der Waals surface area contributed by atoms with Crippen molar-refractivity contribution < 1.29 is 8.78 Å². The van der Waals surface area contributed by atoms with E-state index in [0.717, 1.165) is 25.6 Å². The molecule has 3 heteroatoms. The number of rotatable bonds is 7. The minimum Gasteiger partial charge on any atom is -0.317 e. The second kappa shape index (κ2) is 7.89. The lowest BCUT2D eigenvalue weighted by molar-refractivity contribution is 0.465. The molecule has 112 valence electrons. The zero-order valence-electron chi connectivity index (χ0n) is 12.3. The lowest BCUT2D eigenvalue weighted by Gasteiger charge is -2.18. The minimum atomic E-state index is -0.525. The molecule has 21 heavy (non-hydrogen) atoms. The minimum absolute atomic E-state index is 0.285.